The van der Waals surface area contributed by atoms with E-state index in [0.717, 1.165) is 0 Å². The van der Waals surface area contributed by atoms with Crippen molar-refractivity contribution in [3.63, 3.8) is 0 Å². The van der Waals surface area contributed by atoms with Crippen LogP contribution in [-0.2, 0) is 33.6 Å². The predicted molar refractivity (Wildman–Crippen MR) is 54.5 cm³/mol. The van der Waals surface area contributed by atoms with Crippen molar-refractivity contribution >= 4 is 26.8 Å². The van der Waals surface area contributed by atoms with Crippen LogP contribution in [0.3, 0.4) is 0 Å². The topological polar surface area (TPSA) is 133 Å². The van der Waals surface area contributed by atoms with Gasteiger partial charge in [0.1, 0.15) is 0 Å². The quantitative estimate of drug-likeness (QED) is 0.447. The fourth-order valence-corrected chi connectivity index (χ4v) is 1.66. The molecule has 18 heavy (non-hydrogen) atoms. The molecule has 0 aliphatic rings. The minimum atomic E-state index is -5.15. The zero-order chi connectivity index (χ0) is 13.8. The highest BCUT2D eigenvalue weighted by Crippen LogP contribution is 2.07. The summed E-state index contributed by atoms with van der Waals surface area (Å²) in [5, 5.41) is 0. The van der Waals surface area contributed by atoms with Crippen LogP contribution < -0.4 is 0 Å². The van der Waals surface area contributed by atoms with Gasteiger partial charge < -0.3 is 4.18 Å². The minimum absolute atomic E-state index is 0.114. The molecule has 0 saturated carbocycles. The van der Waals surface area contributed by atoms with Gasteiger partial charge in [0.05, 0.1) is 5.56 Å². The molecule has 1 rings (SSSR count). The minimum Gasteiger partial charge on any atom is -0.318 e. The fourth-order valence-electron chi connectivity index (χ4n) is 0.798. The molecule has 0 bridgehead atoms. The van der Waals surface area contributed by atoms with Gasteiger partial charge in [0, 0.05) is 0 Å². The lowest BCUT2D eigenvalue weighted by Gasteiger charge is -2.02. The molecule has 0 aliphatic heterocycles. The second kappa shape index (κ2) is 5.41. The number of hydrogen-bond donors (Lipinski definition) is 1. The van der Waals surface area contributed by atoms with Crippen LogP contribution in [0.25, 0.3) is 0 Å². The molecule has 0 radical (unpaired) electrons. The van der Waals surface area contributed by atoms with Crippen molar-refractivity contribution in [1.29, 1.82) is 0 Å². The standard InChI is InChI=1S/C7H6O9S2/c8-7(6-4-2-1-3-5-6)14-18(12,13)16-15-17(9,10)11/h1-5H,(H,9,10,11). The van der Waals surface area contributed by atoms with E-state index >= 15 is 0 Å². The first-order chi connectivity index (χ1) is 8.20. The van der Waals surface area contributed by atoms with Gasteiger partial charge in [-0.25, -0.2) is 4.79 Å². The van der Waals surface area contributed by atoms with Crippen molar-refractivity contribution in [2.45, 2.75) is 0 Å². The van der Waals surface area contributed by atoms with E-state index in [9.17, 15) is 21.6 Å². The van der Waals surface area contributed by atoms with Gasteiger partial charge in [-0.3, -0.25) is 4.55 Å². The number of benzene rings is 1. The van der Waals surface area contributed by atoms with Crippen molar-refractivity contribution in [3.8, 4) is 0 Å². The summed E-state index contributed by atoms with van der Waals surface area (Å²) in [6.45, 7) is 0. The van der Waals surface area contributed by atoms with E-state index < -0.39 is 26.8 Å². The summed E-state index contributed by atoms with van der Waals surface area (Å²) in [4.78, 5) is 11.2. The van der Waals surface area contributed by atoms with Gasteiger partial charge in [-0.1, -0.05) is 26.9 Å². The zero-order valence-corrected chi connectivity index (χ0v) is 10.0. The van der Waals surface area contributed by atoms with Gasteiger partial charge in [0.15, 0.2) is 0 Å². The Hall–Kier alpha value is -1.53. The molecule has 1 aromatic rings. The van der Waals surface area contributed by atoms with Crippen molar-refractivity contribution < 1.29 is 39.0 Å². The average Bonchev–Trinajstić information content (AvgIpc) is 2.26. The Kier molecular flexibility index (Phi) is 4.37. The average molecular weight is 298 g/mol. The monoisotopic (exact) mass is 298 g/mol. The van der Waals surface area contributed by atoms with Crippen LogP contribution in [0.4, 0.5) is 0 Å². The molecule has 0 amide bonds. The summed E-state index contributed by atoms with van der Waals surface area (Å²) in [6.07, 6.45) is 0. The highest BCUT2D eigenvalue weighted by atomic mass is 32.3. The van der Waals surface area contributed by atoms with Crippen LogP contribution in [-0.4, -0.2) is 27.4 Å². The van der Waals surface area contributed by atoms with Crippen LogP contribution in [0.15, 0.2) is 30.3 Å². The lowest BCUT2D eigenvalue weighted by atomic mass is 10.2. The molecule has 0 saturated heterocycles. The third-order valence-electron chi connectivity index (χ3n) is 1.38. The van der Waals surface area contributed by atoms with Crippen LogP contribution in [0.1, 0.15) is 10.4 Å². The summed E-state index contributed by atoms with van der Waals surface area (Å²) in [6, 6.07) is 6.96. The Bertz CT molecular complexity index is 616. The third-order valence-corrected chi connectivity index (χ3v) is 2.30. The van der Waals surface area contributed by atoms with Crippen molar-refractivity contribution in [2.24, 2.45) is 0 Å². The Morgan fingerprint density at radius 2 is 1.56 bits per heavy atom. The predicted octanol–water partition coefficient (Wildman–Crippen LogP) is -0.161. The smallest absolute Gasteiger partial charge is 0.318 e. The highest BCUT2D eigenvalue weighted by Gasteiger charge is 2.23. The Labute approximate surface area is 102 Å². The van der Waals surface area contributed by atoms with Gasteiger partial charge >= 0.3 is 26.8 Å². The molecule has 100 valence electrons. The van der Waals surface area contributed by atoms with E-state index in [0.29, 0.717) is 0 Å². The molecular weight excluding hydrogens is 292 g/mol. The third kappa shape index (κ3) is 5.20. The Morgan fingerprint density at radius 1 is 1.00 bits per heavy atom. The van der Waals surface area contributed by atoms with Gasteiger partial charge in [0.2, 0.25) is 0 Å². The van der Waals surface area contributed by atoms with Crippen LogP contribution in [0, 0.1) is 0 Å². The van der Waals surface area contributed by atoms with E-state index in [1.807, 2.05) is 0 Å². The molecule has 11 heteroatoms. The second-order valence-electron chi connectivity index (χ2n) is 2.71. The van der Waals surface area contributed by atoms with Crippen LogP contribution in [0.5, 0.6) is 0 Å². The maximum Gasteiger partial charge on any atom is 0.480 e. The van der Waals surface area contributed by atoms with Gasteiger partial charge in [0.25, 0.3) is 0 Å². The zero-order valence-electron chi connectivity index (χ0n) is 8.42. The van der Waals surface area contributed by atoms with Crippen LogP contribution >= 0.6 is 0 Å². The number of hydrogen-bond acceptors (Lipinski definition) is 8. The molecule has 1 N–H and O–H groups in total. The van der Waals surface area contributed by atoms with Crippen molar-refractivity contribution in [1.82, 2.24) is 0 Å². The molecule has 0 aliphatic carbocycles. The molecule has 0 unspecified atom stereocenters. The normalized spacial score (nSPS) is 12.1. The largest absolute Gasteiger partial charge is 0.480 e. The molecule has 0 atom stereocenters. The molecule has 0 fully saturated rings. The molecule has 0 heterocycles. The van der Waals surface area contributed by atoms with Gasteiger partial charge in [-0.15, -0.1) is 0 Å². The van der Waals surface area contributed by atoms with E-state index in [4.69, 9.17) is 4.55 Å². The second-order valence-corrected chi connectivity index (χ2v) is 4.82. The lowest BCUT2D eigenvalue weighted by molar-refractivity contribution is -0.106. The maximum atomic E-state index is 11.2. The fraction of sp³-hybridized carbons (Fsp3) is 0. The lowest BCUT2D eigenvalue weighted by Crippen LogP contribution is -2.18. The SMILES string of the molecule is O=C(OS(=O)(=O)OOS(=O)(=O)O)c1ccccc1. The highest BCUT2D eigenvalue weighted by molar-refractivity contribution is 7.83. The van der Waals surface area contributed by atoms with Crippen molar-refractivity contribution in [3.05, 3.63) is 35.9 Å². The van der Waals surface area contributed by atoms with E-state index in [-0.39, 0.29) is 5.56 Å². The molecular formula is C7H6O9S2. The summed E-state index contributed by atoms with van der Waals surface area (Å²) < 4.78 is 60.1. The molecule has 0 aromatic heterocycles. The van der Waals surface area contributed by atoms with E-state index in [1.54, 1.807) is 6.07 Å². The summed E-state index contributed by atoms with van der Waals surface area (Å²) in [5.74, 6) is -1.31. The molecule has 0 spiro atoms. The summed E-state index contributed by atoms with van der Waals surface area (Å²) >= 11 is 0. The number of carbonyl (C=O) groups excluding carboxylic acids is 1. The van der Waals surface area contributed by atoms with Crippen LogP contribution in [0.2, 0.25) is 0 Å². The van der Waals surface area contributed by atoms with Gasteiger partial charge in [-0.05, 0) is 12.1 Å². The summed E-state index contributed by atoms with van der Waals surface area (Å²) in [5.41, 5.74) is -0.114. The van der Waals surface area contributed by atoms with Crippen molar-refractivity contribution in [2.75, 3.05) is 0 Å². The van der Waals surface area contributed by atoms with Gasteiger partial charge in [-0.2, -0.15) is 16.8 Å². The first-order valence-corrected chi connectivity index (χ1v) is 6.78. The van der Waals surface area contributed by atoms with E-state index in [1.165, 1.54) is 24.3 Å². The maximum absolute atomic E-state index is 11.2. The summed E-state index contributed by atoms with van der Waals surface area (Å²) in [7, 11) is -10.2. The Morgan fingerprint density at radius 3 is 2.06 bits per heavy atom. The Balaban J connectivity index is 2.70. The first kappa shape index (κ1) is 14.5. The number of carbonyl (C=O) groups is 1. The first-order valence-electron chi connectivity index (χ1n) is 4.08. The molecule has 9 nitrogen and oxygen atoms in total. The number of rotatable bonds is 5. The molecule has 1 aromatic carbocycles. The van der Waals surface area contributed by atoms with E-state index in [2.05, 4.69) is 12.9 Å².